The number of hydrogen-bond donors (Lipinski definition) is 2. The van der Waals surface area contributed by atoms with Gasteiger partial charge in [-0.05, 0) is 44.9 Å². The van der Waals surface area contributed by atoms with E-state index in [0.717, 1.165) is 12.8 Å². The van der Waals surface area contributed by atoms with Crippen LogP contribution in [0.5, 0.6) is 0 Å². The molecule has 29 heavy (non-hydrogen) atoms. The maximum absolute atomic E-state index is 12.7. The Balaban J connectivity index is 1.66. The average molecular weight is 443 g/mol. The van der Waals surface area contributed by atoms with Gasteiger partial charge in [0.1, 0.15) is 0 Å². The highest BCUT2D eigenvalue weighted by molar-refractivity contribution is 7.89. The van der Waals surface area contributed by atoms with E-state index in [4.69, 9.17) is 11.6 Å². The standard InChI is InChI=1S/C19H27ClN4O4S/c1-19(2)18(26)21-8-12-23(19)11-7-17(25)22-16-13-14(5-6-15(16)20)29(27,28)24-9-3-4-10-24/h5-6,13H,3-4,7-12H2,1-2H3,(H,21,26)(H,22,25). The Labute approximate surface area is 176 Å². The quantitative estimate of drug-likeness (QED) is 0.698. The van der Waals surface area contributed by atoms with Gasteiger partial charge in [-0.15, -0.1) is 0 Å². The first kappa shape index (κ1) is 22.0. The molecule has 2 heterocycles. The third-order valence-corrected chi connectivity index (χ3v) is 7.76. The molecule has 2 amide bonds. The molecule has 0 atom stereocenters. The lowest BCUT2D eigenvalue weighted by Crippen LogP contribution is -2.62. The smallest absolute Gasteiger partial charge is 0.243 e. The number of carbonyl (C=O) groups is 2. The molecule has 2 fully saturated rings. The molecule has 8 nitrogen and oxygen atoms in total. The Hall–Kier alpha value is -1.68. The normalized spacial score (nSPS) is 20.4. The molecular weight excluding hydrogens is 416 g/mol. The number of anilines is 1. The van der Waals surface area contributed by atoms with Crippen molar-refractivity contribution in [3.63, 3.8) is 0 Å². The second-order valence-corrected chi connectivity index (χ2v) is 10.2. The molecule has 160 valence electrons. The van der Waals surface area contributed by atoms with E-state index in [9.17, 15) is 18.0 Å². The van der Waals surface area contributed by atoms with Gasteiger partial charge < -0.3 is 10.6 Å². The van der Waals surface area contributed by atoms with Crippen molar-refractivity contribution >= 4 is 39.1 Å². The number of nitrogens with one attached hydrogen (secondary N) is 2. The Morgan fingerprint density at radius 3 is 2.62 bits per heavy atom. The van der Waals surface area contributed by atoms with Crippen molar-refractivity contribution in [1.29, 1.82) is 0 Å². The summed E-state index contributed by atoms with van der Waals surface area (Å²) in [6.07, 6.45) is 1.86. The molecule has 0 aliphatic carbocycles. The molecule has 2 N–H and O–H groups in total. The van der Waals surface area contributed by atoms with E-state index in [0.29, 0.717) is 32.7 Å². The Morgan fingerprint density at radius 2 is 1.93 bits per heavy atom. The largest absolute Gasteiger partial charge is 0.353 e. The van der Waals surface area contributed by atoms with Gasteiger partial charge in [-0.2, -0.15) is 4.31 Å². The van der Waals surface area contributed by atoms with Crippen LogP contribution in [0.2, 0.25) is 5.02 Å². The van der Waals surface area contributed by atoms with Gasteiger partial charge in [0.05, 0.1) is 21.1 Å². The number of nitrogens with zero attached hydrogens (tertiary/aromatic N) is 2. The maximum atomic E-state index is 12.7. The monoisotopic (exact) mass is 442 g/mol. The summed E-state index contributed by atoms with van der Waals surface area (Å²) in [5, 5.41) is 5.81. The number of hydrogen-bond acceptors (Lipinski definition) is 5. The summed E-state index contributed by atoms with van der Waals surface area (Å²) in [6.45, 7) is 6.28. The lowest BCUT2D eigenvalue weighted by molar-refractivity contribution is -0.135. The van der Waals surface area contributed by atoms with Gasteiger partial charge in [-0.3, -0.25) is 14.5 Å². The lowest BCUT2D eigenvalue weighted by Gasteiger charge is -2.41. The lowest BCUT2D eigenvalue weighted by atomic mass is 9.98. The minimum Gasteiger partial charge on any atom is -0.353 e. The first-order valence-electron chi connectivity index (χ1n) is 9.75. The summed E-state index contributed by atoms with van der Waals surface area (Å²) < 4.78 is 26.9. The number of halogens is 1. The van der Waals surface area contributed by atoms with Gasteiger partial charge in [0, 0.05) is 39.1 Å². The van der Waals surface area contributed by atoms with Gasteiger partial charge in [0.25, 0.3) is 0 Å². The predicted molar refractivity (Wildman–Crippen MR) is 111 cm³/mol. The minimum absolute atomic E-state index is 0.0629. The molecule has 0 saturated carbocycles. The van der Waals surface area contributed by atoms with Crippen molar-refractivity contribution in [1.82, 2.24) is 14.5 Å². The molecule has 2 saturated heterocycles. The fourth-order valence-corrected chi connectivity index (χ4v) is 5.33. The predicted octanol–water partition coefficient (Wildman–Crippen LogP) is 1.66. The summed E-state index contributed by atoms with van der Waals surface area (Å²) in [7, 11) is -3.59. The molecule has 0 aromatic heterocycles. The maximum Gasteiger partial charge on any atom is 0.243 e. The molecule has 0 radical (unpaired) electrons. The van der Waals surface area contributed by atoms with Crippen molar-refractivity contribution in [3.05, 3.63) is 23.2 Å². The van der Waals surface area contributed by atoms with Crippen molar-refractivity contribution < 1.29 is 18.0 Å². The summed E-state index contributed by atoms with van der Waals surface area (Å²) >= 11 is 6.18. The Bertz CT molecular complexity index is 897. The highest BCUT2D eigenvalue weighted by Crippen LogP contribution is 2.28. The van der Waals surface area contributed by atoms with Crippen LogP contribution in [0.3, 0.4) is 0 Å². The van der Waals surface area contributed by atoms with Crippen LogP contribution in [0, 0.1) is 0 Å². The van der Waals surface area contributed by atoms with Crippen LogP contribution in [0.4, 0.5) is 5.69 Å². The van der Waals surface area contributed by atoms with Crippen molar-refractivity contribution in [2.75, 3.05) is 38.0 Å². The van der Waals surface area contributed by atoms with Crippen LogP contribution >= 0.6 is 11.6 Å². The Kier molecular flexibility index (Phi) is 6.52. The van der Waals surface area contributed by atoms with E-state index in [-0.39, 0.29) is 33.8 Å². The molecule has 3 rings (SSSR count). The average Bonchev–Trinajstić information content (AvgIpc) is 3.20. The van der Waals surface area contributed by atoms with E-state index in [2.05, 4.69) is 10.6 Å². The molecule has 1 aromatic rings. The van der Waals surface area contributed by atoms with Gasteiger partial charge in [-0.1, -0.05) is 11.6 Å². The third-order valence-electron chi connectivity index (χ3n) is 5.54. The highest BCUT2D eigenvalue weighted by Gasteiger charge is 2.37. The molecular formula is C19H27ClN4O4S. The second-order valence-electron chi connectivity index (χ2n) is 7.85. The third kappa shape index (κ3) is 4.74. The second kappa shape index (κ2) is 8.59. The molecule has 10 heteroatoms. The van der Waals surface area contributed by atoms with Gasteiger partial charge in [0.2, 0.25) is 21.8 Å². The molecule has 0 spiro atoms. The Morgan fingerprint density at radius 1 is 1.24 bits per heavy atom. The van der Waals surface area contributed by atoms with E-state index >= 15 is 0 Å². The van der Waals surface area contributed by atoms with Crippen LogP contribution < -0.4 is 10.6 Å². The van der Waals surface area contributed by atoms with Crippen molar-refractivity contribution in [2.45, 2.75) is 43.5 Å². The van der Waals surface area contributed by atoms with Crippen LogP contribution in [0.15, 0.2) is 23.1 Å². The molecule has 0 bridgehead atoms. The zero-order valence-corrected chi connectivity index (χ0v) is 18.3. The van der Waals surface area contributed by atoms with E-state index in [1.54, 1.807) is 0 Å². The van der Waals surface area contributed by atoms with E-state index in [1.165, 1.54) is 22.5 Å². The summed E-state index contributed by atoms with van der Waals surface area (Å²) in [5.41, 5.74) is -0.410. The molecule has 2 aliphatic heterocycles. The number of benzene rings is 1. The minimum atomic E-state index is -3.59. The summed E-state index contributed by atoms with van der Waals surface area (Å²) in [4.78, 5) is 26.6. The van der Waals surface area contributed by atoms with Crippen LogP contribution in [-0.2, 0) is 19.6 Å². The number of rotatable bonds is 6. The van der Waals surface area contributed by atoms with Gasteiger partial charge in [-0.25, -0.2) is 8.42 Å². The van der Waals surface area contributed by atoms with Crippen LogP contribution in [0.1, 0.15) is 33.1 Å². The van der Waals surface area contributed by atoms with Crippen LogP contribution in [-0.4, -0.2) is 67.7 Å². The summed E-state index contributed by atoms with van der Waals surface area (Å²) in [5.74, 6) is -0.351. The van der Waals surface area contributed by atoms with E-state index < -0.39 is 15.6 Å². The summed E-state index contributed by atoms with van der Waals surface area (Å²) in [6, 6.07) is 4.35. The van der Waals surface area contributed by atoms with Gasteiger partial charge in [0.15, 0.2) is 0 Å². The number of carbonyl (C=O) groups excluding carboxylic acids is 2. The SMILES string of the molecule is CC1(C)C(=O)NCCN1CCC(=O)Nc1cc(S(=O)(=O)N2CCCC2)ccc1Cl. The number of sulfonamides is 1. The van der Waals surface area contributed by atoms with Crippen LogP contribution in [0.25, 0.3) is 0 Å². The first-order chi connectivity index (χ1) is 13.6. The van der Waals surface area contributed by atoms with Crippen molar-refractivity contribution in [3.8, 4) is 0 Å². The number of amides is 2. The zero-order valence-electron chi connectivity index (χ0n) is 16.7. The fourth-order valence-electron chi connectivity index (χ4n) is 3.62. The number of piperazine rings is 1. The van der Waals surface area contributed by atoms with Gasteiger partial charge >= 0.3 is 0 Å². The zero-order chi connectivity index (χ0) is 21.2. The van der Waals surface area contributed by atoms with Crippen molar-refractivity contribution in [2.24, 2.45) is 0 Å². The molecule has 0 unspecified atom stereocenters. The molecule has 2 aliphatic rings. The topological polar surface area (TPSA) is 98.8 Å². The highest BCUT2D eigenvalue weighted by atomic mass is 35.5. The van der Waals surface area contributed by atoms with E-state index in [1.807, 2.05) is 18.7 Å². The fraction of sp³-hybridized carbons (Fsp3) is 0.579. The first-order valence-corrected chi connectivity index (χ1v) is 11.6. The molecule has 1 aromatic carbocycles.